The van der Waals surface area contributed by atoms with Gasteiger partial charge in [-0.2, -0.15) is 0 Å². The number of aryl methyl sites for hydroxylation is 1. The Bertz CT molecular complexity index is 234. The van der Waals surface area contributed by atoms with Gasteiger partial charge in [0.05, 0.1) is 0 Å². The van der Waals surface area contributed by atoms with Crippen molar-refractivity contribution in [1.82, 2.24) is 0 Å². The molecule has 0 N–H and O–H groups in total. The maximum absolute atomic E-state index is 12.1. The highest BCUT2D eigenvalue weighted by Gasteiger charge is 1.87. The molecular weight excluding hydrogens is 223 g/mol. The zero-order valence-electron chi connectivity index (χ0n) is 12.3. The van der Waals surface area contributed by atoms with Crippen LogP contribution in [0.3, 0.4) is 0 Å². The summed E-state index contributed by atoms with van der Waals surface area (Å²) in [6.45, 7) is 6.47. The number of rotatable bonds is 7. The van der Waals surface area contributed by atoms with Crippen molar-refractivity contribution >= 4 is 0 Å². The summed E-state index contributed by atoms with van der Waals surface area (Å²) in [6, 6.07) is 6.40. The topological polar surface area (TPSA) is 0 Å². The second-order valence-corrected chi connectivity index (χ2v) is 4.92. The Kier molecular flexibility index (Phi) is 12.0. The molecule has 0 bridgehead atoms. The summed E-state index contributed by atoms with van der Waals surface area (Å²) in [5, 5.41) is 0. The molecule has 0 aliphatic rings. The fourth-order valence-corrected chi connectivity index (χ4v) is 1.74. The van der Waals surface area contributed by atoms with E-state index in [0.717, 1.165) is 5.56 Å². The molecule has 0 unspecified atom stereocenters. The normalized spacial score (nSPS) is 9.78. The van der Waals surface area contributed by atoms with Crippen LogP contribution in [0.1, 0.15) is 70.8 Å². The number of hydrogen-bond acceptors (Lipinski definition) is 0. The van der Waals surface area contributed by atoms with Gasteiger partial charge in [-0.15, -0.1) is 0 Å². The predicted molar refractivity (Wildman–Crippen MR) is 79.4 cm³/mol. The molecule has 0 aromatic heterocycles. The van der Waals surface area contributed by atoms with Gasteiger partial charge in [-0.3, -0.25) is 0 Å². The first-order chi connectivity index (χ1) is 8.70. The first-order valence-electron chi connectivity index (χ1n) is 7.42. The molecule has 1 aromatic carbocycles. The van der Waals surface area contributed by atoms with Gasteiger partial charge in [-0.1, -0.05) is 82.9 Å². The molecule has 0 saturated heterocycles. The lowest BCUT2D eigenvalue weighted by Gasteiger charge is -1.97. The lowest BCUT2D eigenvalue weighted by molar-refractivity contribution is 0.585. The maximum atomic E-state index is 12.1. The first-order valence-corrected chi connectivity index (χ1v) is 7.42. The van der Waals surface area contributed by atoms with Crippen molar-refractivity contribution in [2.45, 2.75) is 72.1 Å². The van der Waals surface area contributed by atoms with Crippen LogP contribution in [0.15, 0.2) is 24.3 Å². The van der Waals surface area contributed by atoms with Gasteiger partial charge in [-0.25, -0.2) is 4.39 Å². The van der Waals surface area contributed by atoms with Crippen LogP contribution in [-0.4, -0.2) is 0 Å². The number of halogens is 1. The Morgan fingerprint density at radius 1 is 0.722 bits per heavy atom. The van der Waals surface area contributed by atoms with Crippen molar-refractivity contribution in [2.75, 3.05) is 0 Å². The second kappa shape index (κ2) is 12.6. The van der Waals surface area contributed by atoms with Gasteiger partial charge in [0, 0.05) is 0 Å². The average molecular weight is 252 g/mol. The molecule has 18 heavy (non-hydrogen) atoms. The smallest absolute Gasteiger partial charge is 0.123 e. The van der Waals surface area contributed by atoms with E-state index in [1.807, 2.05) is 6.92 Å². The zero-order valence-corrected chi connectivity index (χ0v) is 12.3. The van der Waals surface area contributed by atoms with Crippen LogP contribution in [-0.2, 0) is 0 Å². The Hall–Kier alpha value is -0.850. The minimum atomic E-state index is -0.171. The third-order valence-corrected chi connectivity index (χ3v) is 2.97. The Balaban J connectivity index is 0.000000327. The quantitative estimate of drug-likeness (QED) is 0.501. The fourth-order valence-electron chi connectivity index (χ4n) is 1.74. The third-order valence-electron chi connectivity index (χ3n) is 2.97. The molecule has 0 atom stereocenters. The molecule has 0 amide bonds. The number of benzene rings is 1. The molecular formula is C17H29F. The molecule has 1 rings (SSSR count). The molecule has 0 heterocycles. The Labute approximate surface area is 113 Å². The zero-order chi connectivity index (χ0) is 13.6. The van der Waals surface area contributed by atoms with Gasteiger partial charge in [0.1, 0.15) is 5.82 Å². The lowest BCUT2D eigenvalue weighted by Crippen LogP contribution is -1.77. The van der Waals surface area contributed by atoms with E-state index in [1.165, 1.54) is 63.5 Å². The van der Waals surface area contributed by atoms with E-state index in [9.17, 15) is 4.39 Å². The number of hydrogen-bond donors (Lipinski definition) is 0. The molecule has 0 spiro atoms. The molecule has 0 saturated carbocycles. The van der Waals surface area contributed by atoms with Crippen molar-refractivity contribution in [3.8, 4) is 0 Å². The highest BCUT2D eigenvalue weighted by atomic mass is 19.1. The van der Waals surface area contributed by atoms with Crippen LogP contribution in [0.2, 0.25) is 0 Å². The van der Waals surface area contributed by atoms with Gasteiger partial charge >= 0.3 is 0 Å². The number of unbranched alkanes of at least 4 members (excludes halogenated alkanes) is 7. The van der Waals surface area contributed by atoms with Crippen LogP contribution in [0, 0.1) is 12.7 Å². The van der Waals surface area contributed by atoms with Crippen LogP contribution in [0.25, 0.3) is 0 Å². The molecule has 0 radical (unpaired) electrons. The highest BCUT2D eigenvalue weighted by Crippen LogP contribution is 2.07. The largest absolute Gasteiger partial charge is 0.207 e. The maximum Gasteiger partial charge on any atom is 0.123 e. The second-order valence-electron chi connectivity index (χ2n) is 4.92. The average Bonchev–Trinajstić information content (AvgIpc) is 2.38. The van der Waals surface area contributed by atoms with E-state index < -0.39 is 0 Å². The summed E-state index contributed by atoms with van der Waals surface area (Å²) >= 11 is 0. The molecule has 104 valence electrons. The third kappa shape index (κ3) is 11.6. The minimum absolute atomic E-state index is 0.171. The van der Waals surface area contributed by atoms with Crippen molar-refractivity contribution in [1.29, 1.82) is 0 Å². The van der Waals surface area contributed by atoms with Crippen molar-refractivity contribution in [3.63, 3.8) is 0 Å². The van der Waals surface area contributed by atoms with E-state index >= 15 is 0 Å². The minimum Gasteiger partial charge on any atom is -0.207 e. The summed E-state index contributed by atoms with van der Waals surface area (Å²) in [5.74, 6) is -0.171. The molecule has 1 aromatic rings. The lowest BCUT2D eigenvalue weighted by atomic mass is 10.1. The molecule has 0 fully saturated rings. The van der Waals surface area contributed by atoms with Crippen LogP contribution in [0.4, 0.5) is 4.39 Å². The molecule has 1 heteroatoms. The molecule has 0 aliphatic carbocycles. The first kappa shape index (κ1) is 17.2. The predicted octanol–water partition coefficient (Wildman–Crippen LogP) is 6.28. The van der Waals surface area contributed by atoms with Crippen molar-refractivity contribution in [3.05, 3.63) is 35.6 Å². The molecule has 0 nitrogen and oxygen atoms in total. The monoisotopic (exact) mass is 252 g/mol. The van der Waals surface area contributed by atoms with Gasteiger partial charge < -0.3 is 0 Å². The van der Waals surface area contributed by atoms with E-state index in [1.54, 1.807) is 12.1 Å². The van der Waals surface area contributed by atoms with Crippen LogP contribution < -0.4 is 0 Å². The summed E-state index contributed by atoms with van der Waals surface area (Å²) in [6.07, 6.45) is 11.5. The highest BCUT2D eigenvalue weighted by molar-refractivity contribution is 5.13. The summed E-state index contributed by atoms with van der Waals surface area (Å²) in [4.78, 5) is 0. The summed E-state index contributed by atoms with van der Waals surface area (Å²) in [5.41, 5.74) is 1.09. The van der Waals surface area contributed by atoms with E-state index in [0.29, 0.717) is 0 Å². The van der Waals surface area contributed by atoms with E-state index in [2.05, 4.69) is 13.8 Å². The Morgan fingerprint density at radius 2 is 1.11 bits per heavy atom. The fraction of sp³-hybridized carbons (Fsp3) is 0.647. The van der Waals surface area contributed by atoms with Crippen molar-refractivity contribution in [2.24, 2.45) is 0 Å². The SMILES string of the molecule is CCCCCCCCCC.Cc1ccc(F)cc1. The molecule has 0 aliphatic heterocycles. The summed E-state index contributed by atoms with van der Waals surface area (Å²) in [7, 11) is 0. The van der Waals surface area contributed by atoms with Crippen LogP contribution >= 0.6 is 0 Å². The Morgan fingerprint density at radius 3 is 1.44 bits per heavy atom. The van der Waals surface area contributed by atoms with Crippen LogP contribution in [0.5, 0.6) is 0 Å². The van der Waals surface area contributed by atoms with Gasteiger partial charge in [-0.05, 0) is 19.1 Å². The standard InChI is InChI=1S/C10H22.C7H7F/c1-3-5-7-9-10-8-6-4-2;1-6-2-4-7(8)5-3-6/h3-10H2,1-2H3;2-5H,1H3. The van der Waals surface area contributed by atoms with Crippen molar-refractivity contribution < 1.29 is 4.39 Å². The summed E-state index contributed by atoms with van der Waals surface area (Å²) < 4.78 is 12.1. The van der Waals surface area contributed by atoms with Gasteiger partial charge in [0.2, 0.25) is 0 Å². The van der Waals surface area contributed by atoms with Gasteiger partial charge in [0.15, 0.2) is 0 Å². The van der Waals surface area contributed by atoms with E-state index in [4.69, 9.17) is 0 Å². The van der Waals surface area contributed by atoms with E-state index in [-0.39, 0.29) is 5.82 Å². The van der Waals surface area contributed by atoms with Gasteiger partial charge in [0.25, 0.3) is 0 Å².